The van der Waals surface area contributed by atoms with E-state index in [9.17, 15) is 8.78 Å². The van der Waals surface area contributed by atoms with Crippen molar-refractivity contribution in [2.45, 2.75) is 18.4 Å². The molecule has 0 unspecified atom stereocenters. The number of nitrogens with zero attached hydrogens (tertiary/aromatic N) is 1. The van der Waals surface area contributed by atoms with Gasteiger partial charge in [-0.2, -0.15) is 0 Å². The van der Waals surface area contributed by atoms with Crippen molar-refractivity contribution in [2.75, 3.05) is 5.73 Å². The SMILES string of the molecule is Nc1c(CBr)cc(C(F)F)nc1CO. The summed E-state index contributed by atoms with van der Waals surface area (Å²) in [5.41, 5.74) is 6.08. The minimum absolute atomic E-state index is 0.0947. The number of anilines is 1. The molecule has 3 nitrogen and oxygen atoms in total. The fraction of sp³-hybridized carbons (Fsp3) is 0.375. The van der Waals surface area contributed by atoms with Gasteiger partial charge in [-0.05, 0) is 11.6 Å². The van der Waals surface area contributed by atoms with E-state index in [1.807, 2.05) is 0 Å². The summed E-state index contributed by atoms with van der Waals surface area (Å²) < 4.78 is 24.7. The predicted molar refractivity (Wildman–Crippen MR) is 52.2 cm³/mol. The number of aliphatic hydroxyl groups excluding tert-OH is 1. The average Bonchev–Trinajstić information content (AvgIpc) is 2.17. The van der Waals surface area contributed by atoms with Gasteiger partial charge in [0.05, 0.1) is 18.0 Å². The fourth-order valence-electron chi connectivity index (χ4n) is 1.03. The molecule has 0 bridgehead atoms. The van der Waals surface area contributed by atoms with Gasteiger partial charge in [0, 0.05) is 5.33 Å². The van der Waals surface area contributed by atoms with Gasteiger partial charge in [0.15, 0.2) is 0 Å². The minimum atomic E-state index is -2.65. The lowest BCUT2D eigenvalue weighted by Gasteiger charge is -2.09. The largest absolute Gasteiger partial charge is 0.397 e. The number of alkyl halides is 3. The summed E-state index contributed by atoms with van der Waals surface area (Å²) in [6, 6.07) is 1.23. The normalized spacial score (nSPS) is 10.9. The van der Waals surface area contributed by atoms with Gasteiger partial charge in [-0.1, -0.05) is 15.9 Å². The Bertz CT molecular complexity index is 308. The number of pyridine rings is 1. The van der Waals surface area contributed by atoms with Crippen molar-refractivity contribution in [1.82, 2.24) is 4.98 Å². The minimum Gasteiger partial charge on any atom is -0.397 e. The van der Waals surface area contributed by atoms with Crippen LogP contribution >= 0.6 is 15.9 Å². The van der Waals surface area contributed by atoms with Crippen LogP contribution in [0.1, 0.15) is 23.4 Å². The molecule has 0 amide bonds. The van der Waals surface area contributed by atoms with Crippen LogP contribution in [0.15, 0.2) is 6.07 Å². The standard InChI is InChI=1S/C8H9BrF2N2O/c9-2-4-1-5(8(10)11)13-6(3-14)7(4)12/h1,8,14H,2-3,12H2. The summed E-state index contributed by atoms with van der Waals surface area (Å²) >= 11 is 3.12. The lowest BCUT2D eigenvalue weighted by atomic mass is 10.1. The van der Waals surface area contributed by atoms with Gasteiger partial charge in [0.25, 0.3) is 6.43 Å². The molecular weight excluding hydrogens is 258 g/mol. The number of nitrogens with two attached hydrogens (primary N) is 1. The molecular formula is C8H9BrF2N2O. The summed E-state index contributed by atoms with van der Waals surface area (Å²) in [6.07, 6.45) is -2.65. The smallest absolute Gasteiger partial charge is 0.280 e. The first kappa shape index (κ1) is 11.3. The zero-order chi connectivity index (χ0) is 10.7. The number of halogens is 3. The molecule has 1 aromatic heterocycles. The van der Waals surface area contributed by atoms with Crippen LogP contribution in [0.25, 0.3) is 0 Å². The topological polar surface area (TPSA) is 59.1 Å². The van der Waals surface area contributed by atoms with Gasteiger partial charge in [0.1, 0.15) is 5.69 Å². The first-order valence-corrected chi connectivity index (χ1v) is 4.95. The molecule has 0 aliphatic carbocycles. The van der Waals surface area contributed by atoms with Crippen LogP contribution in [0, 0.1) is 0 Å². The third-order valence-electron chi connectivity index (χ3n) is 1.76. The number of hydrogen-bond acceptors (Lipinski definition) is 3. The highest BCUT2D eigenvalue weighted by molar-refractivity contribution is 9.08. The highest BCUT2D eigenvalue weighted by Crippen LogP contribution is 2.25. The molecule has 0 radical (unpaired) electrons. The Morgan fingerprint density at radius 1 is 1.57 bits per heavy atom. The quantitative estimate of drug-likeness (QED) is 0.823. The maximum atomic E-state index is 12.3. The second kappa shape index (κ2) is 4.65. The van der Waals surface area contributed by atoms with Gasteiger partial charge in [-0.25, -0.2) is 13.8 Å². The van der Waals surface area contributed by atoms with Gasteiger partial charge in [-0.15, -0.1) is 0 Å². The van der Waals surface area contributed by atoms with Crippen molar-refractivity contribution in [1.29, 1.82) is 0 Å². The number of nitrogen functional groups attached to an aromatic ring is 1. The van der Waals surface area contributed by atoms with E-state index in [4.69, 9.17) is 10.8 Å². The summed E-state index contributed by atoms with van der Waals surface area (Å²) in [5.74, 6) is 0. The molecule has 1 aromatic rings. The Morgan fingerprint density at radius 3 is 2.64 bits per heavy atom. The van der Waals surface area contributed by atoms with Crippen LogP contribution in [0.5, 0.6) is 0 Å². The van der Waals surface area contributed by atoms with Crippen LogP contribution in [-0.4, -0.2) is 10.1 Å². The first-order chi connectivity index (χ1) is 6.60. The molecule has 0 aromatic carbocycles. The Balaban J connectivity index is 3.25. The monoisotopic (exact) mass is 266 g/mol. The van der Waals surface area contributed by atoms with Crippen molar-refractivity contribution in [2.24, 2.45) is 0 Å². The Hall–Kier alpha value is -0.750. The third kappa shape index (κ3) is 2.19. The Kier molecular flexibility index (Phi) is 3.77. The van der Waals surface area contributed by atoms with E-state index < -0.39 is 13.0 Å². The van der Waals surface area contributed by atoms with E-state index in [0.29, 0.717) is 10.9 Å². The highest BCUT2D eigenvalue weighted by Gasteiger charge is 2.14. The molecule has 3 N–H and O–H groups in total. The predicted octanol–water partition coefficient (Wildman–Crippen LogP) is 1.99. The van der Waals surface area contributed by atoms with E-state index in [2.05, 4.69) is 20.9 Å². The molecule has 0 saturated heterocycles. The number of hydrogen-bond donors (Lipinski definition) is 2. The second-order valence-electron chi connectivity index (χ2n) is 2.66. The maximum absolute atomic E-state index is 12.3. The molecule has 1 heterocycles. The number of aliphatic hydroxyl groups is 1. The fourth-order valence-corrected chi connectivity index (χ4v) is 1.50. The van der Waals surface area contributed by atoms with Crippen LogP contribution in [0.2, 0.25) is 0 Å². The number of aromatic nitrogens is 1. The lowest BCUT2D eigenvalue weighted by Crippen LogP contribution is -2.05. The molecule has 1 rings (SSSR count). The molecule has 0 fully saturated rings. The molecule has 14 heavy (non-hydrogen) atoms. The second-order valence-corrected chi connectivity index (χ2v) is 3.22. The summed E-state index contributed by atoms with van der Waals surface area (Å²) in [6.45, 7) is -0.438. The van der Waals surface area contributed by atoms with E-state index in [-0.39, 0.29) is 17.1 Å². The van der Waals surface area contributed by atoms with Gasteiger partial charge < -0.3 is 10.8 Å². The molecule has 0 saturated carbocycles. The molecule has 0 atom stereocenters. The van der Waals surface area contributed by atoms with Crippen LogP contribution in [0.4, 0.5) is 14.5 Å². The van der Waals surface area contributed by atoms with Crippen LogP contribution < -0.4 is 5.73 Å². The Morgan fingerprint density at radius 2 is 2.21 bits per heavy atom. The van der Waals surface area contributed by atoms with Gasteiger partial charge in [0.2, 0.25) is 0 Å². The molecule has 78 valence electrons. The lowest BCUT2D eigenvalue weighted by molar-refractivity contribution is 0.145. The zero-order valence-corrected chi connectivity index (χ0v) is 8.76. The van der Waals surface area contributed by atoms with Crippen LogP contribution in [0.3, 0.4) is 0 Å². The van der Waals surface area contributed by atoms with E-state index in [1.165, 1.54) is 6.07 Å². The van der Waals surface area contributed by atoms with Crippen molar-refractivity contribution in [3.05, 3.63) is 23.0 Å². The van der Waals surface area contributed by atoms with Gasteiger partial charge >= 0.3 is 0 Å². The van der Waals surface area contributed by atoms with Crippen molar-refractivity contribution in [3.63, 3.8) is 0 Å². The van der Waals surface area contributed by atoms with Crippen LogP contribution in [-0.2, 0) is 11.9 Å². The number of rotatable bonds is 3. The zero-order valence-electron chi connectivity index (χ0n) is 7.17. The third-order valence-corrected chi connectivity index (χ3v) is 2.36. The maximum Gasteiger partial charge on any atom is 0.280 e. The Labute approximate surface area is 88.1 Å². The van der Waals surface area contributed by atoms with Gasteiger partial charge in [-0.3, -0.25) is 0 Å². The van der Waals surface area contributed by atoms with Crippen molar-refractivity contribution < 1.29 is 13.9 Å². The summed E-state index contributed by atoms with van der Waals surface area (Å²) in [4.78, 5) is 3.55. The molecule has 0 spiro atoms. The average molecular weight is 267 g/mol. The van der Waals surface area contributed by atoms with E-state index in [1.54, 1.807) is 0 Å². The molecule has 0 aliphatic rings. The molecule has 0 aliphatic heterocycles. The van der Waals surface area contributed by atoms with E-state index in [0.717, 1.165) is 0 Å². The summed E-state index contributed by atoms with van der Waals surface area (Å²) in [5, 5.41) is 9.20. The van der Waals surface area contributed by atoms with Crippen molar-refractivity contribution >= 4 is 21.6 Å². The first-order valence-electron chi connectivity index (χ1n) is 3.83. The highest BCUT2D eigenvalue weighted by atomic mass is 79.9. The summed E-state index contributed by atoms with van der Waals surface area (Å²) in [7, 11) is 0. The van der Waals surface area contributed by atoms with Crippen molar-refractivity contribution in [3.8, 4) is 0 Å². The van der Waals surface area contributed by atoms with E-state index >= 15 is 0 Å². The molecule has 6 heteroatoms.